The largest absolute Gasteiger partial charge is 0.343 e. The number of hydrogen-bond donors (Lipinski definition) is 2. The summed E-state index contributed by atoms with van der Waals surface area (Å²) in [5, 5.41) is 15.5. The Balaban J connectivity index is 1.30. The molecule has 0 unspecified atom stereocenters. The van der Waals surface area contributed by atoms with Crippen LogP contribution in [-0.4, -0.2) is 40.0 Å². The van der Waals surface area contributed by atoms with E-state index in [0.29, 0.717) is 29.1 Å². The van der Waals surface area contributed by atoms with Crippen molar-refractivity contribution in [1.29, 1.82) is 0 Å². The van der Waals surface area contributed by atoms with Crippen molar-refractivity contribution in [2.75, 3.05) is 12.4 Å². The Labute approximate surface area is 220 Å². The van der Waals surface area contributed by atoms with Gasteiger partial charge in [0.2, 0.25) is 11.8 Å². The van der Waals surface area contributed by atoms with Crippen LogP contribution in [0.2, 0.25) is 0 Å². The number of nitrogens with two attached hydrogens (primary N) is 1. The fraction of sp³-hybridized carbons (Fsp3) is 0.429. The summed E-state index contributed by atoms with van der Waals surface area (Å²) in [7, 11) is 1.85. The van der Waals surface area contributed by atoms with Crippen molar-refractivity contribution in [3.8, 4) is 22.4 Å². The van der Waals surface area contributed by atoms with E-state index in [0.717, 1.165) is 49.7 Å². The van der Waals surface area contributed by atoms with Gasteiger partial charge in [-0.25, -0.2) is 4.39 Å². The normalized spacial score (nSPS) is 20.3. The number of nitrogens with zero attached hydrogens (tertiary/aromatic N) is 3. The highest BCUT2D eigenvalue weighted by molar-refractivity contribution is 7.08. The standard InChI is InChI=1S/C28H32FN5O2S/c1-17(35)34(2)21-6-3-18(4-7-21)13-26(36)31-25-15-22(20-9-12-37-16-20)27(33-32-25)19-5-8-23(24(29)14-19)28(30)10-11-28/h5,8-9,12,14-16,18,21H,3-4,6-7,10-11,13,30H2,1-2H3,(H,31,32,36). The Hall–Kier alpha value is -3.17. The zero-order valence-electron chi connectivity index (χ0n) is 21.2. The van der Waals surface area contributed by atoms with Crippen molar-refractivity contribution in [3.63, 3.8) is 0 Å². The maximum absolute atomic E-state index is 14.9. The summed E-state index contributed by atoms with van der Waals surface area (Å²) < 4.78 is 14.9. The Morgan fingerprint density at radius 3 is 2.51 bits per heavy atom. The Bertz CT molecular complexity index is 1300. The Kier molecular flexibility index (Phi) is 7.09. The molecule has 37 heavy (non-hydrogen) atoms. The third-order valence-electron chi connectivity index (χ3n) is 7.80. The molecule has 0 spiro atoms. The summed E-state index contributed by atoms with van der Waals surface area (Å²) in [6, 6.07) is 9.08. The molecule has 3 N–H and O–H groups in total. The van der Waals surface area contributed by atoms with Crippen LogP contribution >= 0.6 is 11.3 Å². The highest BCUT2D eigenvalue weighted by Crippen LogP contribution is 2.44. The molecule has 0 atom stereocenters. The first-order valence-corrected chi connectivity index (χ1v) is 13.7. The SMILES string of the molecule is CC(=O)N(C)C1CCC(CC(=O)Nc2cc(-c3ccsc3)c(-c3ccc(C4(N)CC4)c(F)c3)nn2)CC1. The van der Waals surface area contributed by atoms with Crippen molar-refractivity contribution in [3.05, 3.63) is 52.5 Å². The van der Waals surface area contributed by atoms with E-state index in [1.54, 1.807) is 35.3 Å². The summed E-state index contributed by atoms with van der Waals surface area (Å²) in [4.78, 5) is 26.3. The van der Waals surface area contributed by atoms with Gasteiger partial charge in [-0.2, -0.15) is 11.3 Å². The second-order valence-corrected chi connectivity index (χ2v) is 11.2. The first kappa shape index (κ1) is 25.5. The van der Waals surface area contributed by atoms with Gasteiger partial charge in [0, 0.05) is 48.7 Å². The van der Waals surface area contributed by atoms with Crippen molar-refractivity contribution in [2.45, 2.75) is 63.5 Å². The van der Waals surface area contributed by atoms with Gasteiger partial charge in [0.25, 0.3) is 0 Å². The molecule has 2 aliphatic carbocycles. The van der Waals surface area contributed by atoms with Gasteiger partial charge < -0.3 is 16.0 Å². The number of thiophene rings is 1. The first-order valence-electron chi connectivity index (χ1n) is 12.8. The lowest BCUT2D eigenvalue weighted by molar-refractivity contribution is -0.130. The molecular weight excluding hydrogens is 489 g/mol. The van der Waals surface area contributed by atoms with Crippen LogP contribution in [0, 0.1) is 11.7 Å². The van der Waals surface area contributed by atoms with Crippen LogP contribution in [0.15, 0.2) is 41.1 Å². The van der Waals surface area contributed by atoms with Crippen molar-refractivity contribution in [2.24, 2.45) is 11.7 Å². The van der Waals surface area contributed by atoms with Crippen LogP contribution in [0.5, 0.6) is 0 Å². The molecule has 5 rings (SSSR count). The number of carbonyl (C=O) groups excluding carboxylic acids is 2. The van der Waals surface area contributed by atoms with E-state index in [2.05, 4.69) is 15.5 Å². The lowest BCUT2D eigenvalue weighted by atomic mass is 9.83. The van der Waals surface area contributed by atoms with Crippen LogP contribution < -0.4 is 11.1 Å². The quantitative estimate of drug-likeness (QED) is 0.438. The molecule has 0 bridgehead atoms. The van der Waals surface area contributed by atoms with Gasteiger partial charge in [-0.3, -0.25) is 9.59 Å². The van der Waals surface area contributed by atoms with E-state index >= 15 is 0 Å². The summed E-state index contributed by atoms with van der Waals surface area (Å²) in [6.07, 6.45) is 5.61. The molecule has 1 aromatic carbocycles. The van der Waals surface area contributed by atoms with E-state index in [1.807, 2.05) is 29.9 Å². The van der Waals surface area contributed by atoms with Gasteiger partial charge in [0.05, 0.1) is 0 Å². The van der Waals surface area contributed by atoms with Crippen LogP contribution in [0.3, 0.4) is 0 Å². The molecule has 194 valence electrons. The van der Waals surface area contributed by atoms with Gasteiger partial charge in [-0.05, 0) is 79.0 Å². The fourth-order valence-corrected chi connectivity index (χ4v) is 5.88. The lowest BCUT2D eigenvalue weighted by Gasteiger charge is -2.34. The molecule has 3 aromatic rings. The zero-order chi connectivity index (χ0) is 26.2. The van der Waals surface area contributed by atoms with Crippen molar-refractivity contribution in [1.82, 2.24) is 15.1 Å². The Morgan fingerprint density at radius 2 is 1.89 bits per heavy atom. The average Bonchev–Trinajstić information content (AvgIpc) is 3.38. The number of rotatable bonds is 7. The van der Waals surface area contributed by atoms with Crippen molar-refractivity contribution >= 4 is 29.0 Å². The fourth-order valence-electron chi connectivity index (χ4n) is 5.22. The maximum atomic E-state index is 14.9. The summed E-state index contributed by atoms with van der Waals surface area (Å²) in [6.45, 7) is 1.59. The van der Waals surface area contributed by atoms with Gasteiger partial charge in [-0.15, -0.1) is 10.2 Å². The predicted molar refractivity (Wildman–Crippen MR) is 143 cm³/mol. The molecule has 0 aliphatic heterocycles. The molecule has 2 fully saturated rings. The van der Waals surface area contributed by atoms with E-state index in [1.165, 1.54) is 6.07 Å². The molecule has 0 saturated heterocycles. The second-order valence-electron chi connectivity index (χ2n) is 10.4. The van der Waals surface area contributed by atoms with Crippen LogP contribution in [-0.2, 0) is 15.1 Å². The number of anilines is 1. The predicted octanol–water partition coefficient (Wildman–Crippen LogP) is 5.32. The van der Waals surface area contributed by atoms with Gasteiger partial charge in [-0.1, -0.05) is 12.1 Å². The monoisotopic (exact) mass is 521 g/mol. The first-order chi connectivity index (χ1) is 17.7. The molecular formula is C28H32FN5O2S. The van der Waals surface area contributed by atoms with E-state index in [9.17, 15) is 14.0 Å². The second kappa shape index (κ2) is 10.3. The molecule has 0 radical (unpaired) electrons. The van der Waals surface area contributed by atoms with E-state index < -0.39 is 5.54 Å². The van der Waals surface area contributed by atoms with E-state index in [4.69, 9.17) is 5.73 Å². The number of halogens is 1. The smallest absolute Gasteiger partial charge is 0.225 e. The lowest BCUT2D eigenvalue weighted by Crippen LogP contribution is -2.38. The zero-order valence-corrected chi connectivity index (χ0v) is 22.0. The van der Waals surface area contributed by atoms with Crippen LogP contribution in [0.4, 0.5) is 10.2 Å². The van der Waals surface area contributed by atoms with Crippen molar-refractivity contribution < 1.29 is 14.0 Å². The minimum atomic E-state index is -0.554. The molecule has 2 aliphatic rings. The molecule has 9 heteroatoms. The number of carbonyl (C=O) groups is 2. The molecule has 2 heterocycles. The molecule has 2 amide bonds. The highest BCUT2D eigenvalue weighted by atomic mass is 32.1. The number of nitrogens with one attached hydrogen (secondary N) is 1. The number of hydrogen-bond acceptors (Lipinski definition) is 6. The van der Waals surface area contributed by atoms with E-state index in [-0.39, 0.29) is 29.6 Å². The van der Waals surface area contributed by atoms with Crippen LogP contribution in [0.25, 0.3) is 22.4 Å². The Morgan fingerprint density at radius 1 is 1.14 bits per heavy atom. The van der Waals surface area contributed by atoms with Gasteiger partial charge in [0.1, 0.15) is 11.5 Å². The summed E-state index contributed by atoms with van der Waals surface area (Å²) in [5.74, 6) is 0.288. The minimum absolute atomic E-state index is 0.0783. The average molecular weight is 522 g/mol. The van der Waals surface area contributed by atoms with Gasteiger partial charge >= 0.3 is 0 Å². The third-order valence-corrected chi connectivity index (χ3v) is 8.48. The number of benzene rings is 1. The molecule has 7 nitrogen and oxygen atoms in total. The summed E-state index contributed by atoms with van der Waals surface area (Å²) in [5.41, 5.74) is 9.06. The number of aromatic nitrogens is 2. The molecule has 2 saturated carbocycles. The number of amides is 2. The third kappa shape index (κ3) is 5.57. The summed E-state index contributed by atoms with van der Waals surface area (Å²) >= 11 is 1.55. The highest BCUT2D eigenvalue weighted by Gasteiger charge is 2.42. The van der Waals surface area contributed by atoms with Crippen LogP contribution in [0.1, 0.15) is 57.4 Å². The van der Waals surface area contributed by atoms with Gasteiger partial charge in [0.15, 0.2) is 5.82 Å². The minimum Gasteiger partial charge on any atom is -0.343 e. The molecule has 2 aromatic heterocycles. The maximum Gasteiger partial charge on any atom is 0.225 e. The topological polar surface area (TPSA) is 101 Å².